The van der Waals surface area contributed by atoms with E-state index in [-0.39, 0.29) is 17.1 Å². The van der Waals surface area contributed by atoms with Crippen LogP contribution in [0, 0.1) is 6.92 Å². The lowest BCUT2D eigenvalue weighted by Gasteiger charge is -2.32. The van der Waals surface area contributed by atoms with E-state index in [1.807, 2.05) is 52.8 Å². The van der Waals surface area contributed by atoms with Gasteiger partial charge >= 0.3 is 7.12 Å². The van der Waals surface area contributed by atoms with Gasteiger partial charge in [-0.2, -0.15) is 0 Å². The van der Waals surface area contributed by atoms with Crippen LogP contribution < -0.4 is 10.8 Å². The van der Waals surface area contributed by atoms with Crippen molar-refractivity contribution in [3.63, 3.8) is 0 Å². The van der Waals surface area contributed by atoms with Gasteiger partial charge in [-0.05, 0) is 51.7 Å². The molecular weight excluding hydrogens is 323 g/mol. The highest BCUT2D eigenvalue weighted by Crippen LogP contribution is 2.36. The van der Waals surface area contributed by atoms with Gasteiger partial charge in [0.2, 0.25) is 0 Å². The number of carbonyl (C=O) groups excluding carboxylic acids is 1. The predicted molar refractivity (Wildman–Crippen MR) is 97.0 cm³/mol. The normalized spacial score (nSPS) is 18.6. The molecule has 0 saturated carbocycles. The Morgan fingerprint density at radius 2 is 1.88 bits per heavy atom. The van der Waals surface area contributed by atoms with Gasteiger partial charge in [-0.3, -0.25) is 4.79 Å². The number of nitrogens with zero attached hydrogens (tertiary/aromatic N) is 1. The third-order valence-electron chi connectivity index (χ3n) is 4.69. The Morgan fingerprint density at radius 3 is 2.42 bits per heavy atom. The predicted octanol–water partition coefficient (Wildman–Crippen LogP) is 3.00. The standard InChI is InChI=1S/C17H21BN2O3S/c1-11-8-12(18-22-16(2,3)17(4,5)23-18)6-7-13(11)20-15(21)14-9-24-10-19-14/h6-10H,1-5H3,(H,20,21). The smallest absolute Gasteiger partial charge is 0.399 e. The van der Waals surface area contributed by atoms with Gasteiger partial charge in [-0.25, -0.2) is 4.98 Å². The second-order valence-electron chi connectivity index (χ2n) is 6.99. The summed E-state index contributed by atoms with van der Waals surface area (Å²) >= 11 is 1.40. The summed E-state index contributed by atoms with van der Waals surface area (Å²) in [7, 11) is -0.406. The third-order valence-corrected chi connectivity index (χ3v) is 5.28. The maximum Gasteiger partial charge on any atom is 0.494 e. The SMILES string of the molecule is Cc1cc(B2OC(C)(C)C(C)(C)O2)ccc1NC(=O)c1cscn1. The van der Waals surface area contributed by atoms with Crippen molar-refractivity contribution in [2.45, 2.75) is 45.8 Å². The number of anilines is 1. The number of rotatable bonds is 3. The van der Waals surface area contributed by atoms with Gasteiger partial charge in [0.1, 0.15) is 5.69 Å². The van der Waals surface area contributed by atoms with Crippen LogP contribution in [0.25, 0.3) is 0 Å². The van der Waals surface area contributed by atoms with Gasteiger partial charge in [0.05, 0.1) is 16.7 Å². The van der Waals surface area contributed by atoms with E-state index in [0.717, 1.165) is 16.7 Å². The molecule has 7 heteroatoms. The van der Waals surface area contributed by atoms with E-state index in [9.17, 15) is 4.79 Å². The Morgan fingerprint density at radius 1 is 1.21 bits per heavy atom. The second kappa shape index (κ2) is 5.99. The molecule has 0 atom stereocenters. The number of hydrogen-bond donors (Lipinski definition) is 1. The van der Waals surface area contributed by atoms with Crippen molar-refractivity contribution in [3.8, 4) is 0 Å². The van der Waals surface area contributed by atoms with Gasteiger partial charge in [-0.15, -0.1) is 11.3 Å². The quantitative estimate of drug-likeness (QED) is 0.870. The first-order valence-electron chi connectivity index (χ1n) is 7.85. The summed E-state index contributed by atoms with van der Waals surface area (Å²) in [6, 6.07) is 5.78. The van der Waals surface area contributed by atoms with Crippen LogP contribution in [-0.4, -0.2) is 29.2 Å². The largest absolute Gasteiger partial charge is 0.494 e. The molecule has 1 amide bonds. The third kappa shape index (κ3) is 3.11. The zero-order valence-electron chi connectivity index (χ0n) is 14.5. The van der Waals surface area contributed by atoms with Crippen molar-refractivity contribution in [3.05, 3.63) is 40.3 Å². The van der Waals surface area contributed by atoms with Crippen LogP contribution in [0.3, 0.4) is 0 Å². The average Bonchev–Trinajstić information content (AvgIpc) is 3.08. The summed E-state index contributed by atoms with van der Waals surface area (Å²) in [5.41, 5.74) is 3.97. The first kappa shape index (κ1) is 17.1. The van der Waals surface area contributed by atoms with E-state index in [2.05, 4.69) is 10.3 Å². The van der Waals surface area contributed by atoms with Crippen molar-refractivity contribution in [1.82, 2.24) is 4.98 Å². The van der Waals surface area contributed by atoms with Crippen LogP contribution in [0.2, 0.25) is 0 Å². The molecule has 1 aromatic carbocycles. The molecule has 1 aliphatic heterocycles. The minimum Gasteiger partial charge on any atom is -0.399 e. The zero-order valence-corrected chi connectivity index (χ0v) is 15.4. The molecule has 0 radical (unpaired) electrons. The highest BCUT2D eigenvalue weighted by atomic mass is 32.1. The number of amides is 1. The molecule has 0 spiro atoms. The maximum absolute atomic E-state index is 12.1. The van der Waals surface area contributed by atoms with Crippen molar-refractivity contribution in [2.75, 3.05) is 5.32 Å². The first-order valence-corrected chi connectivity index (χ1v) is 8.80. The molecule has 1 saturated heterocycles. The molecule has 1 N–H and O–H groups in total. The van der Waals surface area contributed by atoms with E-state index in [4.69, 9.17) is 9.31 Å². The maximum atomic E-state index is 12.1. The summed E-state index contributed by atoms with van der Waals surface area (Å²) in [6.07, 6.45) is 0. The number of aryl methyl sites for hydroxylation is 1. The fraction of sp³-hybridized carbons (Fsp3) is 0.412. The second-order valence-corrected chi connectivity index (χ2v) is 7.71. The topological polar surface area (TPSA) is 60.5 Å². The number of aromatic nitrogens is 1. The Balaban J connectivity index is 1.77. The minimum absolute atomic E-state index is 0.206. The first-order chi connectivity index (χ1) is 11.2. The lowest BCUT2D eigenvalue weighted by molar-refractivity contribution is 0.00578. The highest BCUT2D eigenvalue weighted by molar-refractivity contribution is 7.07. The summed E-state index contributed by atoms with van der Waals surface area (Å²) in [4.78, 5) is 16.1. The van der Waals surface area contributed by atoms with Crippen LogP contribution in [0.5, 0.6) is 0 Å². The lowest BCUT2D eigenvalue weighted by Crippen LogP contribution is -2.41. The molecule has 1 aliphatic rings. The molecule has 0 aliphatic carbocycles. The molecule has 2 heterocycles. The van der Waals surface area contributed by atoms with E-state index < -0.39 is 7.12 Å². The van der Waals surface area contributed by atoms with Crippen molar-refractivity contribution in [1.29, 1.82) is 0 Å². The number of thiazole rings is 1. The van der Waals surface area contributed by atoms with Crippen LogP contribution in [0.1, 0.15) is 43.7 Å². The monoisotopic (exact) mass is 344 g/mol. The Hall–Kier alpha value is -1.70. The molecule has 5 nitrogen and oxygen atoms in total. The number of carbonyl (C=O) groups is 1. The van der Waals surface area contributed by atoms with E-state index in [1.54, 1.807) is 10.9 Å². The van der Waals surface area contributed by atoms with E-state index in [0.29, 0.717) is 5.69 Å². The fourth-order valence-electron chi connectivity index (χ4n) is 2.46. The number of hydrogen-bond acceptors (Lipinski definition) is 5. The molecule has 0 bridgehead atoms. The molecule has 2 aromatic rings. The Bertz CT molecular complexity index is 743. The number of nitrogens with one attached hydrogen (secondary N) is 1. The molecule has 1 fully saturated rings. The van der Waals surface area contributed by atoms with Gasteiger partial charge in [-0.1, -0.05) is 12.1 Å². The summed E-state index contributed by atoms with van der Waals surface area (Å²) in [5.74, 6) is -0.206. The van der Waals surface area contributed by atoms with Crippen LogP contribution >= 0.6 is 11.3 Å². The van der Waals surface area contributed by atoms with Gasteiger partial charge in [0.25, 0.3) is 5.91 Å². The molecule has 0 unspecified atom stereocenters. The summed E-state index contributed by atoms with van der Waals surface area (Å²) in [5, 5.41) is 4.61. The zero-order chi connectivity index (χ0) is 17.5. The van der Waals surface area contributed by atoms with E-state index >= 15 is 0 Å². The van der Waals surface area contributed by atoms with Crippen molar-refractivity contribution < 1.29 is 14.1 Å². The van der Waals surface area contributed by atoms with Gasteiger partial charge in [0.15, 0.2) is 0 Å². The highest BCUT2D eigenvalue weighted by Gasteiger charge is 2.51. The number of benzene rings is 1. The molecular formula is C17H21BN2O3S. The van der Waals surface area contributed by atoms with Gasteiger partial charge in [0, 0.05) is 11.1 Å². The fourth-order valence-corrected chi connectivity index (χ4v) is 3.00. The molecule has 3 rings (SSSR count). The minimum atomic E-state index is -0.406. The van der Waals surface area contributed by atoms with Crippen molar-refractivity contribution in [2.24, 2.45) is 0 Å². The summed E-state index contributed by atoms with van der Waals surface area (Å²) < 4.78 is 12.1. The molecule has 1 aromatic heterocycles. The van der Waals surface area contributed by atoms with E-state index in [1.165, 1.54) is 11.3 Å². The van der Waals surface area contributed by atoms with Crippen LogP contribution in [0.15, 0.2) is 29.1 Å². The van der Waals surface area contributed by atoms with Gasteiger partial charge < -0.3 is 14.6 Å². The molecule has 126 valence electrons. The lowest BCUT2D eigenvalue weighted by atomic mass is 9.78. The van der Waals surface area contributed by atoms with Crippen LogP contribution in [-0.2, 0) is 9.31 Å². The summed E-state index contributed by atoms with van der Waals surface area (Å²) in [6.45, 7) is 10.1. The average molecular weight is 344 g/mol. The van der Waals surface area contributed by atoms with Crippen molar-refractivity contribution >= 4 is 35.5 Å². The molecule has 24 heavy (non-hydrogen) atoms. The Labute approximate surface area is 146 Å². The van der Waals surface area contributed by atoms with Crippen LogP contribution in [0.4, 0.5) is 5.69 Å². The Kier molecular flexibility index (Phi) is 4.27.